The summed E-state index contributed by atoms with van der Waals surface area (Å²) in [6.45, 7) is 4.88. The molecule has 1 saturated heterocycles. The zero-order chi connectivity index (χ0) is 14.7. The van der Waals surface area contributed by atoms with Crippen LogP contribution in [0.3, 0.4) is 0 Å². The third-order valence-electron chi connectivity index (χ3n) is 4.35. The predicted octanol–water partition coefficient (Wildman–Crippen LogP) is 3.22. The molecule has 0 aliphatic carbocycles. The minimum absolute atomic E-state index is 0.643. The van der Waals surface area contributed by atoms with Gasteiger partial charge in [0.1, 0.15) is 0 Å². The van der Waals surface area contributed by atoms with E-state index in [4.69, 9.17) is 10.5 Å². The first-order valence-corrected chi connectivity index (χ1v) is 8.54. The molecule has 2 N–H and O–H groups in total. The number of likely N-dealkylation sites (tertiary alicyclic amines) is 1. The van der Waals surface area contributed by atoms with E-state index in [-0.39, 0.29) is 0 Å². The summed E-state index contributed by atoms with van der Waals surface area (Å²) in [6.07, 6.45) is 2.56. The number of hydrogen-bond donors (Lipinski definition) is 1. The molecule has 4 heteroatoms. The fourth-order valence-electron chi connectivity index (χ4n) is 3.38. The highest BCUT2D eigenvalue weighted by Crippen LogP contribution is 2.32. The molecule has 0 spiro atoms. The fraction of sp³-hybridized carbons (Fsp3) is 0.529. The Morgan fingerprint density at radius 2 is 2.24 bits per heavy atom. The number of thiophene rings is 1. The predicted molar refractivity (Wildman–Crippen MR) is 89.6 cm³/mol. The summed E-state index contributed by atoms with van der Waals surface area (Å²) in [4.78, 5) is 3.91. The zero-order valence-corrected chi connectivity index (χ0v) is 13.5. The molecule has 1 fully saturated rings. The maximum Gasteiger partial charge on any atom is 0.0502 e. The van der Waals surface area contributed by atoms with E-state index in [2.05, 4.69) is 29.2 Å². The molecule has 1 aliphatic rings. The summed E-state index contributed by atoms with van der Waals surface area (Å²) in [5, 5.41) is 1.39. The molecule has 0 saturated carbocycles. The first-order chi connectivity index (χ1) is 10.3. The van der Waals surface area contributed by atoms with Crippen molar-refractivity contribution in [2.75, 3.05) is 26.8 Å². The van der Waals surface area contributed by atoms with Gasteiger partial charge in [0.25, 0.3) is 0 Å². The van der Waals surface area contributed by atoms with Crippen molar-refractivity contribution in [3.05, 3.63) is 34.7 Å². The molecule has 1 aromatic heterocycles. The van der Waals surface area contributed by atoms with E-state index in [9.17, 15) is 0 Å². The van der Waals surface area contributed by atoms with Crippen LogP contribution in [0.2, 0.25) is 0 Å². The van der Waals surface area contributed by atoms with Crippen molar-refractivity contribution < 1.29 is 4.74 Å². The second-order valence-electron chi connectivity index (χ2n) is 5.90. The standard InChI is InChI=1S/C17H24N2OS/c1-20-12-13-5-4-8-19(10-13)11-15-14-6-2-3-7-16(14)21-17(15)9-18/h2-3,6-7,13H,4-5,8-12,18H2,1H3. The highest BCUT2D eigenvalue weighted by atomic mass is 32.1. The Hall–Kier alpha value is -0.940. The summed E-state index contributed by atoms with van der Waals surface area (Å²) in [5.74, 6) is 0.676. The van der Waals surface area contributed by atoms with E-state index in [0.717, 1.165) is 19.7 Å². The maximum atomic E-state index is 5.97. The molecular formula is C17H24N2OS. The van der Waals surface area contributed by atoms with Crippen molar-refractivity contribution in [2.24, 2.45) is 11.7 Å². The average Bonchev–Trinajstić information content (AvgIpc) is 2.86. The number of rotatable bonds is 5. The van der Waals surface area contributed by atoms with Crippen LogP contribution in [-0.2, 0) is 17.8 Å². The van der Waals surface area contributed by atoms with Crippen LogP contribution in [0.4, 0.5) is 0 Å². The van der Waals surface area contributed by atoms with Gasteiger partial charge in [-0.05, 0) is 42.3 Å². The molecule has 1 unspecified atom stereocenters. The molecule has 1 atom stereocenters. The van der Waals surface area contributed by atoms with Crippen LogP contribution in [-0.4, -0.2) is 31.7 Å². The summed E-state index contributed by atoms with van der Waals surface area (Å²) in [5.41, 5.74) is 7.41. The number of benzene rings is 1. The van der Waals surface area contributed by atoms with E-state index < -0.39 is 0 Å². The maximum absolute atomic E-state index is 5.97. The van der Waals surface area contributed by atoms with E-state index in [1.165, 1.54) is 39.9 Å². The number of fused-ring (bicyclic) bond motifs is 1. The van der Waals surface area contributed by atoms with Crippen LogP contribution < -0.4 is 5.73 Å². The lowest BCUT2D eigenvalue weighted by molar-refractivity contribution is 0.0875. The number of piperidine rings is 1. The van der Waals surface area contributed by atoms with E-state index in [0.29, 0.717) is 12.5 Å². The summed E-state index contributed by atoms with van der Waals surface area (Å²) >= 11 is 1.85. The van der Waals surface area contributed by atoms with Gasteiger partial charge in [-0.2, -0.15) is 0 Å². The normalized spacial score (nSPS) is 20.2. The zero-order valence-electron chi connectivity index (χ0n) is 12.7. The lowest BCUT2D eigenvalue weighted by Gasteiger charge is -2.32. The van der Waals surface area contributed by atoms with Gasteiger partial charge in [-0.25, -0.2) is 0 Å². The summed E-state index contributed by atoms with van der Waals surface area (Å²) in [6, 6.07) is 8.67. The van der Waals surface area contributed by atoms with Crippen molar-refractivity contribution in [1.29, 1.82) is 0 Å². The lowest BCUT2D eigenvalue weighted by Crippen LogP contribution is -2.36. The van der Waals surface area contributed by atoms with Gasteiger partial charge in [0.2, 0.25) is 0 Å². The van der Waals surface area contributed by atoms with Crippen LogP contribution in [0.1, 0.15) is 23.3 Å². The SMILES string of the molecule is COCC1CCCN(Cc2c(CN)sc3ccccc23)C1. The van der Waals surface area contributed by atoms with Crippen LogP contribution >= 0.6 is 11.3 Å². The average molecular weight is 304 g/mol. The highest BCUT2D eigenvalue weighted by molar-refractivity contribution is 7.19. The topological polar surface area (TPSA) is 38.5 Å². The monoisotopic (exact) mass is 304 g/mol. The third kappa shape index (κ3) is 3.29. The molecule has 1 aromatic carbocycles. The van der Waals surface area contributed by atoms with Crippen LogP contribution in [0.25, 0.3) is 10.1 Å². The fourth-order valence-corrected chi connectivity index (χ4v) is 4.47. The molecule has 0 bridgehead atoms. The molecule has 0 radical (unpaired) electrons. The first kappa shape index (κ1) is 15.0. The van der Waals surface area contributed by atoms with Gasteiger partial charge in [-0.15, -0.1) is 11.3 Å². The number of nitrogens with two attached hydrogens (primary N) is 1. The smallest absolute Gasteiger partial charge is 0.0502 e. The molecular weight excluding hydrogens is 280 g/mol. The van der Waals surface area contributed by atoms with Gasteiger partial charge < -0.3 is 10.5 Å². The van der Waals surface area contributed by atoms with E-state index in [1.54, 1.807) is 7.11 Å². The quantitative estimate of drug-likeness (QED) is 0.922. The van der Waals surface area contributed by atoms with Crippen molar-refractivity contribution in [2.45, 2.75) is 25.9 Å². The lowest BCUT2D eigenvalue weighted by atomic mass is 9.98. The van der Waals surface area contributed by atoms with Crippen LogP contribution in [0, 0.1) is 5.92 Å². The Labute approximate surface area is 130 Å². The highest BCUT2D eigenvalue weighted by Gasteiger charge is 2.22. The minimum atomic E-state index is 0.643. The molecule has 0 amide bonds. The van der Waals surface area contributed by atoms with Gasteiger partial charge >= 0.3 is 0 Å². The number of ether oxygens (including phenoxy) is 1. The minimum Gasteiger partial charge on any atom is -0.384 e. The molecule has 3 nitrogen and oxygen atoms in total. The van der Waals surface area contributed by atoms with Gasteiger partial charge in [0, 0.05) is 36.3 Å². The molecule has 2 heterocycles. The van der Waals surface area contributed by atoms with Crippen LogP contribution in [0.15, 0.2) is 24.3 Å². The molecule has 1 aliphatic heterocycles. The summed E-state index contributed by atoms with van der Waals surface area (Å²) < 4.78 is 6.70. The van der Waals surface area contributed by atoms with Crippen molar-refractivity contribution in [3.63, 3.8) is 0 Å². The Morgan fingerprint density at radius 1 is 1.38 bits per heavy atom. The Kier molecular flexibility index (Phi) is 4.91. The molecule has 3 rings (SSSR count). The van der Waals surface area contributed by atoms with E-state index >= 15 is 0 Å². The Balaban J connectivity index is 1.80. The molecule has 114 valence electrons. The Bertz CT molecular complexity index is 593. The van der Waals surface area contributed by atoms with Gasteiger partial charge in [0.05, 0.1) is 6.61 Å². The summed E-state index contributed by atoms with van der Waals surface area (Å²) in [7, 11) is 1.80. The van der Waals surface area contributed by atoms with Gasteiger partial charge in [-0.3, -0.25) is 4.90 Å². The van der Waals surface area contributed by atoms with Crippen molar-refractivity contribution in [3.8, 4) is 0 Å². The number of hydrogen-bond acceptors (Lipinski definition) is 4. The van der Waals surface area contributed by atoms with Crippen molar-refractivity contribution in [1.82, 2.24) is 4.90 Å². The second kappa shape index (κ2) is 6.88. The Morgan fingerprint density at radius 3 is 3.05 bits per heavy atom. The molecule has 2 aromatic rings. The third-order valence-corrected chi connectivity index (χ3v) is 5.59. The second-order valence-corrected chi connectivity index (χ2v) is 7.04. The van der Waals surface area contributed by atoms with Crippen molar-refractivity contribution >= 4 is 21.4 Å². The van der Waals surface area contributed by atoms with Gasteiger partial charge in [0.15, 0.2) is 0 Å². The van der Waals surface area contributed by atoms with Gasteiger partial charge in [-0.1, -0.05) is 18.2 Å². The molecule has 21 heavy (non-hydrogen) atoms. The van der Waals surface area contributed by atoms with Crippen LogP contribution in [0.5, 0.6) is 0 Å². The number of nitrogens with zero attached hydrogens (tertiary/aromatic N) is 1. The first-order valence-electron chi connectivity index (χ1n) is 7.72. The number of methoxy groups -OCH3 is 1. The van der Waals surface area contributed by atoms with E-state index in [1.807, 2.05) is 11.3 Å². The largest absolute Gasteiger partial charge is 0.384 e.